The number of nitriles is 1. The smallest absolute Gasteiger partial charge is 0.104 e. The summed E-state index contributed by atoms with van der Waals surface area (Å²) in [6.07, 6.45) is 5.76. The number of nitrogens with zero attached hydrogens (tertiary/aromatic N) is 2. The van der Waals surface area contributed by atoms with Gasteiger partial charge < -0.3 is 5.32 Å². The summed E-state index contributed by atoms with van der Waals surface area (Å²) in [6.45, 7) is 5.03. The summed E-state index contributed by atoms with van der Waals surface area (Å²) < 4.78 is 0. The monoisotopic (exact) mass is 325 g/mol. The first-order chi connectivity index (χ1) is 11.2. The van der Waals surface area contributed by atoms with Crippen LogP contribution in [0.2, 0.25) is 5.02 Å². The molecule has 2 aromatic rings. The highest BCUT2D eigenvalue weighted by atomic mass is 35.5. The fourth-order valence-corrected chi connectivity index (χ4v) is 2.50. The second-order valence-electron chi connectivity index (χ2n) is 5.20. The van der Waals surface area contributed by atoms with E-state index in [0.717, 1.165) is 36.2 Å². The molecule has 0 aliphatic carbocycles. The van der Waals surface area contributed by atoms with E-state index in [1.54, 1.807) is 6.20 Å². The average Bonchev–Trinajstić information content (AvgIpc) is 2.58. The Labute approximate surface area is 142 Å². The first-order valence-corrected chi connectivity index (χ1v) is 8.17. The molecule has 0 fully saturated rings. The van der Waals surface area contributed by atoms with Crippen LogP contribution in [0.25, 0.3) is 16.8 Å². The fourth-order valence-electron chi connectivity index (χ4n) is 2.31. The summed E-state index contributed by atoms with van der Waals surface area (Å²) in [5, 5.41) is 13.5. The molecular weight excluding hydrogens is 306 g/mol. The quantitative estimate of drug-likeness (QED) is 0.810. The van der Waals surface area contributed by atoms with Crippen LogP contribution in [-0.4, -0.2) is 11.5 Å². The number of pyridine rings is 1. The predicted molar refractivity (Wildman–Crippen MR) is 96.0 cm³/mol. The minimum atomic E-state index is 0.561. The van der Waals surface area contributed by atoms with Crippen molar-refractivity contribution >= 4 is 17.3 Å². The zero-order valence-electron chi connectivity index (χ0n) is 13.4. The lowest BCUT2D eigenvalue weighted by Gasteiger charge is -2.12. The van der Waals surface area contributed by atoms with E-state index in [2.05, 4.69) is 36.3 Å². The van der Waals surface area contributed by atoms with Crippen LogP contribution in [0.1, 0.15) is 37.9 Å². The average molecular weight is 326 g/mol. The van der Waals surface area contributed by atoms with E-state index in [-0.39, 0.29) is 0 Å². The standard InChI is InChI=1S/C19H20ClN3/c1-3-6-18(22-9-4-2)19-15(12-21)10-16(13-23-19)14-7-5-8-17(20)11-14/h5-8,10-11,13,22H,3-4,9H2,1-2H3/b18-6+. The van der Waals surface area contributed by atoms with Gasteiger partial charge in [-0.15, -0.1) is 0 Å². The minimum Gasteiger partial charge on any atom is -0.384 e. The Morgan fingerprint density at radius 1 is 1.30 bits per heavy atom. The van der Waals surface area contributed by atoms with Gasteiger partial charge in [-0.25, -0.2) is 0 Å². The van der Waals surface area contributed by atoms with Gasteiger partial charge in [-0.1, -0.05) is 43.7 Å². The Morgan fingerprint density at radius 2 is 2.13 bits per heavy atom. The van der Waals surface area contributed by atoms with Crippen molar-refractivity contribution in [3.8, 4) is 17.2 Å². The summed E-state index contributed by atoms with van der Waals surface area (Å²) in [4.78, 5) is 4.53. The van der Waals surface area contributed by atoms with Crippen molar-refractivity contribution in [3.63, 3.8) is 0 Å². The third kappa shape index (κ3) is 4.34. The molecule has 0 unspecified atom stereocenters. The first-order valence-electron chi connectivity index (χ1n) is 7.80. The zero-order valence-corrected chi connectivity index (χ0v) is 14.2. The van der Waals surface area contributed by atoms with Gasteiger partial charge in [0.2, 0.25) is 0 Å². The number of allylic oxidation sites excluding steroid dienone is 1. The molecule has 0 radical (unpaired) electrons. The summed E-state index contributed by atoms with van der Waals surface area (Å²) in [7, 11) is 0. The van der Waals surface area contributed by atoms with Gasteiger partial charge in [0, 0.05) is 23.3 Å². The molecule has 23 heavy (non-hydrogen) atoms. The van der Waals surface area contributed by atoms with Crippen molar-refractivity contribution in [2.75, 3.05) is 6.54 Å². The van der Waals surface area contributed by atoms with Gasteiger partial charge in [0.05, 0.1) is 11.3 Å². The van der Waals surface area contributed by atoms with Crippen LogP contribution in [0.3, 0.4) is 0 Å². The number of rotatable bonds is 6. The lowest BCUT2D eigenvalue weighted by molar-refractivity contribution is 0.817. The molecule has 1 heterocycles. The Kier molecular flexibility index (Phi) is 6.19. The molecule has 0 atom stereocenters. The molecule has 0 aliphatic heterocycles. The molecule has 3 nitrogen and oxygen atoms in total. The third-order valence-electron chi connectivity index (χ3n) is 3.39. The molecule has 1 aromatic carbocycles. The maximum Gasteiger partial charge on any atom is 0.104 e. The zero-order chi connectivity index (χ0) is 16.7. The van der Waals surface area contributed by atoms with Gasteiger partial charge in [0.25, 0.3) is 0 Å². The highest BCUT2D eigenvalue weighted by Crippen LogP contribution is 2.25. The normalized spacial score (nSPS) is 11.1. The molecule has 0 spiro atoms. The number of benzene rings is 1. The maximum absolute atomic E-state index is 9.52. The Balaban J connectivity index is 2.44. The fraction of sp³-hybridized carbons (Fsp3) is 0.263. The Hall–Kier alpha value is -2.31. The van der Waals surface area contributed by atoms with Gasteiger partial charge in [0.15, 0.2) is 0 Å². The van der Waals surface area contributed by atoms with Gasteiger partial charge in [-0.2, -0.15) is 5.26 Å². The highest BCUT2D eigenvalue weighted by Gasteiger charge is 2.11. The summed E-state index contributed by atoms with van der Waals surface area (Å²) in [5.74, 6) is 0. The molecule has 0 bridgehead atoms. The van der Waals surface area contributed by atoms with Gasteiger partial charge >= 0.3 is 0 Å². The topological polar surface area (TPSA) is 48.7 Å². The van der Waals surface area contributed by atoms with Crippen LogP contribution < -0.4 is 5.32 Å². The number of aromatic nitrogens is 1. The van der Waals surface area contributed by atoms with Crippen LogP contribution in [0.15, 0.2) is 42.6 Å². The Morgan fingerprint density at radius 3 is 2.78 bits per heavy atom. The van der Waals surface area contributed by atoms with Crippen LogP contribution in [0, 0.1) is 11.3 Å². The molecule has 0 saturated carbocycles. The molecule has 0 saturated heterocycles. The van der Waals surface area contributed by atoms with Crippen LogP contribution in [-0.2, 0) is 0 Å². The van der Waals surface area contributed by atoms with Crippen molar-refractivity contribution in [1.29, 1.82) is 5.26 Å². The second kappa shape index (κ2) is 8.36. The number of hydrogen-bond acceptors (Lipinski definition) is 3. The van der Waals surface area contributed by atoms with Crippen molar-refractivity contribution < 1.29 is 0 Å². The lowest BCUT2D eigenvalue weighted by atomic mass is 10.0. The highest BCUT2D eigenvalue weighted by molar-refractivity contribution is 6.30. The van der Waals surface area contributed by atoms with E-state index in [1.807, 2.05) is 30.3 Å². The van der Waals surface area contributed by atoms with Gasteiger partial charge in [0.1, 0.15) is 11.8 Å². The van der Waals surface area contributed by atoms with Crippen LogP contribution in [0.4, 0.5) is 0 Å². The molecular formula is C19H20ClN3. The van der Waals surface area contributed by atoms with E-state index in [4.69, 9.17) is 11.6 Å². The SMILES string of the molecule is CC/C=C(/NCCC)c1ncc(-c2cccc(Cl)c2)cc1C#N. The Bertz CT molecular complexity index is 745. The largest absolute Gasteiger partial charge is 0.384 e. The van der Waals surface area contributed by atoms with E-state index in [1.165, 1.54) is 0 Å². The van der Waals surface area contributed by atoms with E-state index >= 15 is 0 Å². The van der Waals surface area contributed by atoms with Crippen molar-refractivity contribution in [3.05, 3.63) is 58.9 Å². The maximum atomic E-state index is 9.52. The molecule has 0 aliphatic rings. The number of hydrogen-bond donors (Lipinski definition) is 1. The lowest BCUT2D eigenvalue weighted by Crippen LogP contribution is -2.15. The molecule has 4 heteroatoms. The van der Waals surface area contributed by atoms with E-state index < -0.39 is 0 Å². The van der Waals surface area contributed by atoms with E-state index in [0.29, 0.717) is 16.3 Å². The first kappa shape index (κ1) is 17.1. The number of nitrogens with one attached hydrogen (secondary N) is 1. The van der Waals surface area contributed by atoms with Crippen molar-refractivity contribution in [2.45, 2.75) is 26.7 Å². The molecule has 2 rings (SSSR count). The molecule has 1 aromatic heterocycles. The number of halogens is 1. The van der Waals surface area contributed by atoms with Crippen molar-refractivity contribution in [1.82, 2.24) is 10.3 Å². The predicted octanol–water partition coefficient (Wildman–Crippen LogP) is 5.02. The van der Waals surface area contributed by atoms with Crippen LogP contribution >= 0.6 is 11.6 Å². The summed E-state index contributed by atoms with van der Waals surface area (Å²) in [6, 6.07) is 11.7. The van der Waals surface area contributed by atoms with Gasteiger partial charge in [-0.05, 0) is 36.6 Å². The minimum absolute atomic E-state index is 0.561. The molecule has 1 N–H and O–H groups in total. The second-order valence-corrected chi connectivity index (χ2v) is 5.63. The molecule has 0 amide bonds. The third-order valence-corrected chi connectivity index (χ3v) is 3.63. The van der Waals surface area contributed by atoms with Crippen LogP contribution in [0.5, 0.6) is 0 Å². The van der Waals surface area contributed by atoms with Gasteiger partial charge in [-0.3, -0.25) is 4.98 Å². The summed E-state index contributed by atoms with van der Waals surface area (Å²) >= 11 is 6.04. The van der Waals surface area contributed by atoms with E-state index in [9.17, 15) is 5.26 Å². The summed E-state index contributed by atoms with van der Waals surface area (Å²) in [5.41, 5.74) is 4.03. The van der Waals surface area contributed by atoms with Crippen molar-refractivity contribution in [2.24, 2.45) is 0 Å². The molecule has 118 valence electrons.